The molecule has 0 aliphatic rings. The molecule has 0 aromatic rings. The summed E-state index contributed by atoms with van der Waals surface area (Å²) < 4.78 is 20.9. The van der Waals surface area contributed by atoms with E-state index in [2.05, 4.69) is 5.32 Å². The average Bonchev–Trinajstić information content (AvgIpc) is 2.75. The highest BCUT2D eigenvalue weighted by Gasteiger charge is 1.97. The number of rotatable bonds is 24. The molecule has 0 fully saturated rings. The number of halogens is 1. The minimum absolute atomic E-state index is 0.0801. The second-order valence-corrected chi connectivity index (χ2v) is 7.67. The van der Waals surface area contributed by atoms with Crippen molar-refractivity contribution in [3.8, 4) is 0 Å². The number of allylic oxidation sites excluding steroid dienone is 1. The number of ether oxygens (including phenoxy) is 4. The lowest BCUT2D eigenvalue weighted by Gasteiger charge is -2.07. The van der Waals surface area contributed by atoms with Crippen LogP contribution in [0, 0.1) is 0 Å². The van der Waals surface area contributed by atoms with Crippen LogP contribution in [0.25, 0.3) is 0 Å². The van der Waals surface area contributed by atoms with E-state index >= 15 is 0 Å². The molecule has 0 aromatic heterocycles. The summed E-state index contributed by atoms with van der Waals surface area (Å²) in [4.78, 5) is 22.3. The Kier molecular flexibility index (Phi) is 24.5. The lowest BCUT2D eigenvalue weighted by atomic mass is 10.1. The van der Waals surface area contributed by atoms with Crippen molar-refractivity contribution < 1.29 is 28.5 Å². The highest BCUT2D eigenvalue weighted by molar-refractivity contribution is 6.63. The molecule has 0 spiro atoms. The quantitative estimate of drug-likeness (QED) is 0.132. The first-order valence-electron chi connectivity index (χ1n) is 11.5. The minimum Gasteiger partial charge on any atom is -0.382 e. The molecular formula is C23H42ClNO6. The van der Waals surface area contributed by atoms with Crippen LogP contribution in [0.3, 0.4) is 0 Å². The number of carbonyl (C=O) groups is 2. The van der Waals surface area contributed by atoms with Gasteiger partial charge in [-0.2, -0.15) is 0 Å². The van der Waals surface area contributed by atoms with Gasteiger partial charge in [0.1, 0.15) is 0 Å². The Morgan fingerprint density at radius 2 is 1.26 bits per heavy atom. The number of unbranched alkanes of at least 4 members (excludes halogenated alkanes) is 8. The molecule has 0 aliphatic carbocycles. The summed E-state index contributed by atoms with van der Waals surface area (Å²) >= 11 is 5.31. The molecule has 8 heteroatoms. The Bertz CT molecular complexity index is 448. The van der Waals surface area contributed by atoms with Crippen LogP contribution in [0.2, 0.25) is 0 Å². The lowest BCUT2D eigenvalue weighted by Crippen LogP contribution is -2.26. The molecule has 0 radical (unpaired) electrons. The van der Waals surface area contributed by atoms with Crippen molar-refractivity contribution in [2.45, 2.75) is 64.2 Å². The summed E-state index contributed by atoms with van der Waals surface area (Å²) in [6, 6.07) is 0. The van der Waals surface area contributed by atoms with Gasteiger partial charge >= 0.3 is 0 Å². The van der Waals surface area contributed by atoms with Gasteiger partial charge in [0.15, 0.2) is 0 Å². The van der Waals surface area contributed by atoms with Gasteiger partial charge in [-0.3, -0.25) is 9.59 Å². The van der Waals surface area contributed by atoms with Crippen LogP contribution < -0.4 is 5.32 Å². The van der Waals surface area contributed by atoms with Crippen LogP contribution in [-0.4, -0.2) is 71.1 Å². The standard InChI is InChI=1S/C23H42ClNO6/c1-28-16-17-30-20-21-31-19-18-29-15-14-25-23(27)13-11-9-7-5-3-2-4-6-8-10-12-22(24)26/h11,13H,2-10,12,14-21H2,1H3,(H,25,27)/b13-11+. The Hall–Kier alpha value is -0.990. The molecule has 0 heterocycles. The van der Waals surface area contributed by atoms with E-state index in [-0.39, 0.29) is 11.1 Å². The van der Waals surface area contributed by atoms with Crippen LogP contribution in [0.4, 0.5) is 0 Å². The highest BCUT2D eigenvalue weighted by Crippen LogP contribution is 2.11. The summed E-state index contributed by atoms with van der Waals surface area (Å²) in [5.74, 6) is -0.0801. The second-order valence-electron chi connectivity index (χ2n) is 7.25. The summed E-state index contributed by atoms with van der Waals surface area (Å²) in [5, 5.41) is 2.57. The monoisotopic (exact) mass is 463 g/mol. The van der Waals surface area contributed by atoms with Gasteiger partial charge in [0.05, 0.1) is 46.2 Å². The number of carbonyl (C=O) groups excluding carboxylic acids is 2. The summed E-state index contributed by atoms with van der Waals surface area (Å²) in [6.45, 7) is 4.21. The van der Waals surface area contributed by atoms with Crippen molar-refractivity contribution in [3.63, 3.8) is 0 Å². The van der Waals surface area contributed by atoms with Gasteiger partial charge < -0.3 is 24.3 Å². The molecule has 0 unspecified atom stereocenters. The van der Waals surface area contributed by atoms with Crippen molar-refractivity contribution in [2.24, 2.45) is 0 Å². The Morgan fingerprint density at radius 3 is 1.84 bits per heavy atom. The lowest BCUT2D eigenvalue weighted by molar-refractivity contribution is -0.116. The fourth-order valence-corrected chi connectivity index (χ4v) is 2.90. The minimum atomic E-state index is -0.229. The van der Waals surface area contributed by atoms with E-state index in [0.717, 1.165) is 25.7 Å². The van der Waals surface area contributed by atoms with Crippen molar-refractivity contribution in [3.05, 3.63) is 12.2 Å². The maximum Gasteiger partial charge on any atom is 0.243 e. The van der Waals surface area contributed by atoms with Crippen LogP contribution >= 0.6 is 11.6 Å². The summed E-state index contributed by atoms with van der Waals surface area (Å²) in [7, 11) is 1.64. The molecule has 0 rings (SSSR count). The van der Waals surface area contributed by atoms with E-state index in [1.807, 2.05) is 6.08 Å². The maximum absolute atomic E-state index is 11.7. The van der Waals surface area contributed by atoms with Gasteiger partial charge in [-0.15, -0.1) is 0 Å². The summed E-state index contributed by atoms with van der Waals surface area (Å²) in [6.07, 6.45) is 14.1. The van der Waals surface area contributed by atoms with Crippen LogP contribution in [-0.2, 0) is 28.5 Å². The zero-order valence-corrected chi connectivity index (χ0v) is 20.0. The second kappa shape index (κ2) is 25.3. The molecule has 0 saturated carbocycles. The van der Waals surface area contributed by atoms with Gasteiger partial charge in [0.2, 0.25) is 11.1 Å². The van der Waals surface area contributed by atoms with E-state index in [1.165, 1.54) is 32.1 Å². The first-order chi connectivity index (χ1) is 15.2. The zero-order valence-electron chi connectivity index (χ0n) is 19.2. The largest absolute Gasteiger partial charge is 0.382 e. The number of methoxy groups -OCH3 is 1. The molecule has 1 N–H and O–H groups in total. The third-order valence-corrected chi connectivity index (χ3v) is 4.67. The topological polar surface area (TPSA) is 83.1 Å². The Labute approximate surface area is 193 Å². The third-order valence-electron chi connectivity index (χ3n) is 4.48. The van der Waals surface area contributed by atoms with Gasteiger partial charge in [-0.1, -0.05) is 44.6 Å². The number of hydrogen-bond acceptors (Lipinski definition) is 6. The number of nitrogens with one attached hydrogen (secondary N) is 1. The maximum atomic E-state index is 11.7. The molecule has 7 nitrogen and oxygen atoms in total. The van der Waals surface area contributed by atoms with Crippen LogP contribution in [0.5, 0.6) is 0 Å². The number of hydrogen-bond donors (Lipinski definition) is 1. The first-order valence-corrected chi connectivity index (χ1v) is 11.9. The van der Waals surface area contributed by atoms with E-state index in [0.29, 0.717) is 59.2 Å². The Balaban J connectivity index is 3.25. The van der Waals surface area contributed by atoms with Gasteiger partial charge in [0.25, 0.3) is 0 Å². The van der Waals surface area contributed by atoms with Crippen molar-refractivity contribution in [2.75, 3.05) is 59.9 Å². The smallest absolute Gasteiger partial charge is 0.243 e. The number of amides is 1. The van der Waals surface area contributed by atoms with Crippen molar-refractivity contribution in [1.29, 1.82) is 0 Å². The average molecular weight is 464 g/mol. The fraction of sp³-hybridized carbons (Fsp3) is 0.826. The predicted octanol–water partition coefficient (Wildman–Crippen LogP) is 4.02. The van der Waals surface area contributed by atoms with Gasteiger partial charge in [-0.25, -0.2) is 0 Å². The van der Waals surface area contributed by atoms with E-state index < -0.39 is 0 Å². The SMILES string of the molecule is COCCOCCOCCOCCNC(=O)/C=C/CCCCCCCCCCC(=O)Cl. The molecular weight excluding hydrogens is 422 g/mol. The van der Waals surface area contributed by atoms with E-state index in [4.69, 9.17) is 30.5 Å². The zero-order chi connectivity index (χ0) is 22.8. The van der Waals surface area contributed by atoms with Crippen molar-refractivity contribution in [1.82, 2.24) is 5.32 Å². The van der Waals surface area contributed by atoms with E-state index in [9.17, 15) is 9.59 Å². The van der Waals surface area contributed by atoms with Crippen molar-refractivity contribution >= 4 is 22.8 Å². The Morgan fingerprint density at radius 1 is 0.742 bits per heavy atom. The normalized spacial score (nSPS) is 11.3. The molecule has 0 aromatic carbocycles. The molecule has 0 atom stereocenters. The molecule has 1 amide bonds. The van der Waals surface area contributed by atoms with Gasteiger partial charge in [-0.05, 0) is 36.9 Å². The van der Waals surface area contributed by atoms with Gasteiger partial charge in [0, 0.05) is 20.1 Å². The molecule has 0 saturated heterocycles. The first kappa shape index (κ1) is 30.0. The molecule has 0 aliphatic heterocycles. The highest BCUT2D eigenvalue weighted by atomic mass is 35.5. The molecule has 0 bridgehead atoms. The molecule has 31 heavy (non-hydrogen) atoms. The van der Waals surface area contributed by atoms with Crippen LogP contribution in [0.15, 0.2) is 12.2 Å². The predicted molar refractivity (Wildman–Crippen MR) is 124 cm³/mol. The summed E-state index contributed by atoms with van der Waals surface area (Å²) in [5.41, 5.74) is 0. The molecule has 182 valence electrons. The fourth-order valence-electron chi connectivity index (χ4n) is 2.77. The van der Waals surface area contributed by atoms with E-state index in [1.54, 1.807) is 13.2 Å². The third kappa shape index (κ3) is 27.0. The van der Waals surface area contributed by atoms with Crippen LogP contribution in [0.1, 0.15) is 64.2 Å².